The van der Waals surface area contributed by atoms with Crippen LogP contribution in [0.3, 0.4) is 0 Å². The Labute approximate surface area is 208 Å². The van der Waals surface area contributed by atoms with Crippen LogP contribution in [0.1, 0.15) is 70.7 Å². The van der Waals surface area contributed by atoms with Gasteiger partial charge in [0.1, 0.15) is 5.82 Å². The molecule has 3 atom stereocenters. The van der Waals surface area contributed by atoms with Crippen molar-refractivity contribution < 1.29 is 4.79 Å². The second-order valence-corrected chi connectivity index (χ2v) is 12.3. The molecule has 0 radical (unpaired) electrons. The zero-order valence-corrected chi connectivity index (χ0v) is 21.7. The lowest BCUT2D eigenvalue weighted by atomic mass is 9.69. The normalized spacial score (nSPS) is 28.3. The van der Waals surface area contributed by atoms with Gasteiger partial charge in [-0.15, -0.1) is 10.2 Å². The molecule has 2 aliphatic carbocycles. The summed E-state index contributed by atoms with van der Waals surface area (Å²) in [6.45, 7) is 11.0. The number of aromatic nitrogens is 3. The molecular weight excluding hydrogens is 442 g/mol. The van der Waals surface area contributed by atoms with E-state index in [-0.39, 0.29) is 17.4 Å². The Bertz CT molecular complexity index is 1000. The maximum atomic E-state index is 13.0. The van der Waals surface area contributed by atoms with Gasteiger partial charge in [0, 0.05) is 6.04 Å². The first-order valence-electron chi connectivity index (χ1n) is 13.0. The molecule has 1 N–H and O–H groups in total. The van der Waals surface area contributed by atoms with Crippen LogP contribution in [-0.2, 0) is 17.9 Å². The third-order valence-electron chi connectivity index (χ3n) is 9.25. The lowest BCUT2D eigenvalue weighted by Gasteiger charge is -2.39. The molecule has 1 aliphatic heterocycles. The molecule has 2 bridgehead atoms. The summed E-state index contributed by atoms with van der Waals surface area (Å²) in [5.41, 5.74) is 1.73. The van der Waals surface area contributed by atoms with E-state index in [1.54, 1.807) is 0 Å². The van der Waals surface area contributed by atoms with Crippen molar-refractivity contribution in [3.63, 3.8) is 0 Å². The smallest absolute Gasteiger partial charge is 0.230 e. The largest absolute Gasteiger partial charge is 0.352 e. The summed E-state index contributed by atoms with van der Waals surface area (Å²) in [7, 11) is 0. The molecule has 3 aliphatic rings. The molecule has 0 spiro atoms. The quantitative estimate of drug-likeness (QED) is 0.552. The summed E-state index contributed by atoms with van der Waals surface area (Å²) >= 11 is 1.52. The van der Waals surface area contributed by atoms with E-state index < -0.39 is 0 Å². The highest BCUT2D eigenvalue weighted by atomic mass is 32.2. The van der Waals surface area contributed by atoms with Crippen LogP contribution in [0.5, 0.6) is 0 Å². The van der Waals surface area contributed by atoms with Crippen molar-refractivity contribution in [1.82, 2.24) is 25.0 Å². The molecule has 7 heteroatoms. The molecular formula is C27H39N5OS. The van der Waals surface area contributed by atoms with Gasteiger partial charge in [-0.2, -0.15) is 0 Å². The van der Waals surface area contributed by atoms with Gasteiger partial charge in [-0.25, -0.2) is 0 Å². The van der Waals surface area contributed by atoms with Crippen LogP contribution in [0.2, 0.25) is 0 Å². The van der Waals surface area contributed by atoms with Gasteiger partial charge in [0.15, 0.2) is 5.16 Å². The topological polar surface area (TPSA) is 63.1 Å². The minimum Gasteiger partial charge on any atom is -0.352 e. The van der Waals surface area contributed by atoms with Crippen molar-refractivity contribution in [3.05, 3.63) is 41.7 Å². The monoisotopic (exact) mass is 481 g/mol. The van der Waals surface area contributed by atoms with E-state index >= 15 is 0 Å². The maximum absolute atomic E-state index is 13.0. The van der Waals surface area contributed by atoms with E-state index in [9.17, 15) is 4.79 Å². The number of piperidine rings is 1. The molecule has 3 fully saturated rings. The third-order valence-corrected chi connectivity index (χ3v) is 10.2. The van der Waals surface area contributed by atoms with Crippen molar-refractivity contribution in [2.75, 3.05) is 18.8 Å². The number of hydrogen-bond donors (Lipinski definition) is 1. The first kappa shape index (κ1) is 23.9. The van der Waals surface area contributed by atoms with Gasteiger partial charge in [0.05, 0.1) is 18.8 Å². The third kappa shape index (κ3) is 4.53. The van der Waals surface area contributed by atoms with Crippen LogP contribution in [0.4, 0.5) is 0 Å². The Kier molecular flexibility index (Phi) is 6.77. The number of likely N-dealkylation sites (tertiary alicyclic amines) is 1. The number of thioether (sulfide) groups is 1. The average molecular weight is 482 g/mol. The van der Waals surface area contributed by atoms with E-state index in [1.165, 1.54) is 49.4 Å². The molecule has 2 saturated carbocycles. The molecule has 5 rings (SSSR count). The summed E-state index contributed by atoms with van der Waals surface area (Å²) < 4.78 is 2.21. The number of carbonyl (C=O) groups is 1. The zero-order chi connectivity index (χ0) is 23.8. The van der Waals surface area contributed by atoms with Crippen LogP contribution in [-0.4, -0.2) is 50.5 Å². The fraction of sp³-hybridized carbons (Fsp3) is 0.667. The summed E-state index contributed by atoms with van der Waals surface area (Å²) in [6.07, 6.45) is 7.46. The molecule has 6 nitrogen and oxygen atoms in total. The molecule has 184 valence electrons. The van der Waals surface area contributed by atoms with Crippen LogP contribution in [0.25, 0.3) is 0 Å². The van der Waals surface area contributed by atoms with E-state index in [1.807, 2.05) is 6.07 Å². The van der Waals surface area contributed by atoms with Crippen LogP contribution in [0, 0.1) is 16.7 Å². The van der Waals surface area contributed by atoms with Gasteiger partial charge in [-0.05, 0) is 67.5 Å². The summed E-state index contributed by atoms with van der Waals surface area (Å²) in [5.74, 6) is 2.22. The van der Waals surface area contributed by atoms with Crippen LogP contribution >= 0.6 is 11.8 Å². The van der Waals surface area contributed by atoms with Gasteiger partial charge < -0.3 is 9.88 Å². The van der Waals surface area contributed by atoms with Gasteiger partial charge in [-0.3, -0.25) is 9.69 Å². The van der Waals surface area contributed by atoms with E-state index in [2.05, 4.69) is 70.0 Å². The lowest BCUT2D eigenvalue weighted by molar-refractivity contribution is -0.120. The highest BCUT2D eigenvalue weighted by Crippen LogP contribution is 2.65. The fourth-order valence-electron chi connectivity index (χ4n) is 6.57. The molecule has 3 unspecified atom stereocenters. The average Bonchev–Trinajstić information content (AvgIpc) is 3.37. The standard InChI is InChI=1S/C27H39N5OS/c1-26(2)21-12-13-27(26,3)22(16-21)28-24(33)19-34-25-30-29-23(18-31-14-8-5-9-15-31)32(25)17-20-10-6-4-7-11-20/h4,6-7,10-11,21-22H,5,8-9,12-19H2,1-3H3,(H,28,33). The fourth-order valence-corrected chi connectivity index (χ4v) is 7.34. The second-order valence-electron chi connectivity index (χ2n) is 11.3. The number of hydrogen-bond acceptors (Lipinski definition) is 5. The zero-order valence-electron chi connectivity index (χ0n) is 20.9. The maximum Gasteiger partial charge on any atom is 0.230 e. The lowest BCUT2D eigenvalue weighted by Crippen LogP contribution is -2.47. The SMILES string of the molecule is CC1(C)C2CCC1(C)C(NC(=O)CSc1nnc(CN3CCCCC3)n1Cc1ccccc1)C2. The minimum absolute atomic E-state index is 0.117. The van der Waals surface area contributed by atoms with E-state index in [4.69, 9.17) is 0 Å². The van der Waals surface area contributed by atoms with Crippen LogP contribution in [0.15, 0.2) is 35.5 Å². The molecule has 34 heavy (non-hydrogen) atoms. The minimum atomic E-state index is 0.117. The Balaban J connectivity index is 1.26. The number of benzene rings is 1. The Hall–Kier alpha value is -1.86. The molecule has 2 heterocycles. The predicted octanol–water partition coefficient (Wildman–Crippen LogP) is 4.74. The first-order chi connectivity index (χ1) is 16.4. The molecule has 1 aromatic carbocycles. The summed E-state index contributed by atoms with van der Waals surface area (Å²) in [4.78, 5) is 15.5. The highest BCUT2D eigenvalue weighted by molar-refractivity contribution is 7.99. The van der Waals surface area contributed by atoms with Gasteiger partial charge in [0.25, 0.3) is 0 Å². The van der Waals surface area contributed by atoms with Gasteiger partial charge >= 0.3 is 0 Å². The van der Waals surface area contributed by atoms with Crippen molar-refractivity contribution in [1.29, 1.82) is 0 Å². The van der Waals surface area contributed by atoms with Crippen molar-refractivity contribution in [2.24, 2.45) is 16.7 Å². The molecule has 2 aromatic rings. The Morgan fingerprint density at radius 1 is 1.09 bits per heavy atom. The first-order valence-corrected chi connectivity index (χ1v) is 14.0. The van der Waals surface area contributed by atoms with Crippen molar-refractivity contribution in [3.8, 4) is 0 Å². The number of amides is 1. The number of nitrogens with zero attached hydrogens (tertiary/aromatic N) is 4. The van der Waals surface area contributed by atoms with E-state index in [0.717, 1.165) is 49.5 Å². The Morgan fingerprint density at radius 2 is 1.85 bits per heavy atom. The highest BCUT2D eigenvalue weighted by Gasteiger charge is 2.61. The number of fused-ring (bicyclic) bond motifs is 2. The second kappa shape index (κ2) is 9.65. The van der Waals surface area contributed by atoms with Gasteiger partial charge in [-0.1, -0.05) is 69.3 Å². The predicted molar refractivity (Wildman–Crippen MR) is 137 cm³/mol. The van der Waals surface area contributed by atoms with Gasteiger partial charge in [0.2, 0.25) is 5.91 Å². The molecule has 1 amide bonds. The number of rotatable bonds is 8. The Morgan fingerprint density at radius 3 is 2.53 bits per heavy atom. The number of carbonyl (C=O) groups excluding carboxylic acids is 1. The van der Waals surface area contributed by atoms with Crippen LogP contribution < -0.4 is 5.32 Å². The van der Waals surface area contributed by atoms with E-state index in [0.29, 0.717) is 11.2 Å². The van der Waals surface area contributed by atoms with Crippen molar-refractivity contribution >= 4 is 17.7 Å². The molecule has 1 saturated heterocycles. The number of nitrogens with one attached hydrogen (secondary N) is 1. The summed E-state index contributed by atoms with van der Waals surface area (Å²) in [6, 6.07) is 10.8. The van der Waals surface area contributed by atoms with Crippen molar-refractivity contribution in [2.45, 2.75) is 83.6 Å². The summed E-state index contributed by atoms with van der Waals surface area (Å²) in [5, 5.41) is 13.3. The molecule has 1 aromatic heterocycles.